The largest absolute Gasteiger partial charge is 0.462 e. The third-order valence-electron chi connectivity index (χ3n) is 14.4. The van der Waals surface area contributed by atoms with Crippen molar-refractivity contribution in [3.05, 3.63) is 24.3 Å². The lowest BCUT2D eigenvalue weighted by Crippen LogP contribution is -2.30. The summed E-state index contributed by atoms with van der Waals surface area (Å²) in [6, 6.07) is 0. The van der Waals surface area contributed by atoms with E-state index in [9.17, 15) is 14.4 Å². The van der Waals surface area contributed by atoms with Crippen LogP contribution in [0.2, 0.25) is 0 Å². The van der Waals surface area contributed by atoms with Crippen LogP contribution in [0.3, 0.4) is 0 Å². The fraction of sp³-hybridized carbons (Fsp3) is 0.892. The molecule has 0 aliphatic rings. The highest BCUT2D eigenvalue weighted by molar-refractivity contribution is 5.71. The molecule has 0 saturated heterocycles. The minimum absolute atomic E-state index is 0.0694. The highest BCUT2D eigenvalue weighted by atomic mass is 16.6. The van der Waals surface area contributed by atoms with Gasteiger partial charge in [0.15, 0.2) is 6.10 Å². The molecule has 6 heteroatoms. The number of allylic oxidation sites excluding steroid dienone is 4. The van der Waals surface area contributed by atoms with Gasteiger partial charge in [0.25, 0.3) is 0 Å². The fourth-order valence-corrected chi connectivity index (χ4v) is 9.61. The number of esters is 3. The molecular formula is C65H122O6. The molecule has 0 fully saturated rings. The van der Waals surface area contributed by atoms with Gasteiger partial charge in [-0.15, -0.1) is 0 Å². The van der Waals surface area contributed by atoms with Crippen LogP contribution < -0.4 is 0 Å². The lowest BCUT2D eigenvalue weighted by atomic mass is 10.0. The van der Waals surface area contributed by atoms with E-state index in [1.165, 1.54) is 250 Å². The third-order valence-corrected chi connectivity index (χ3v) is 14.4. The number of hydrogen-bond donors (Lipinski definition) is 0. The van der Waals surface area contributed by atoms with Crippen LogP contribution in [0.15, 0.2) is 24.3 Å². The van der Waals surface area contributed by atoms with Crippen LogP contribution in [0.25, 0.3) is 0 Å². The van der Waals surface area contributed by atoms with Crippen molar-refractivity contribution < 1.29 is 28.6 Å². The van der Waals surface area contributed by atoms with Crippen LogP contribution in [-0.2, 0) is 28.6 Å². The van der Waals surface area contributed by atoms with E-state index in [2.05, 4.69) is 45.1 Å². The van der Waals surface area contributed by atoms with Crippen LogP contribution >= 0.6 is 0 Å². The van der Waals surface area contributed by atoms with Gasteiger partial charge in [-0.05, 0) is 70.6 Å². The van der Waals surface area contributed by atoms with E-state index in [1.807, 2.05) is 0 Å². The van der Waals surface area contributed by atoms with Crippen LogP contribution in [0.1, 0.15) is 355 Å². The van der Waals surface area contributed by atoms with Crippen molar-refractivity contribution in [2.45, 2.75) is 361 Å². The number of hydrogen-bond acceptors (Lipinski definition) is 6. The molecule has 0 bridgehead atoms. The van der Waals surface area contributed by atoms with Crippen molar-refractivity contribution in [3.63, 3.8) is 0 Å². The molecule has 0 radical (unpaired) electrons. The summed E-state index contributed by atoms with van der Waals surface area (Å²) in [6.45, 7) is 6.68. The van der Waals surface area contributed by atoms with Gasteiger partial charge in [0.2, 0.25) is 0 Å². The van der Waals surface area contributed by atoms with Gasteiger partial charge < -0.3 is 14.2 Å². The first-order valence-electron chi connectivity index (χ1n) is 31.8. The Hall–Kier alpha value is -2.11. The molecular weight excluding hydrogens is 877 g/mol. The lowest BCUT2D eigenvalue weighted by molar-refractivity contribution is -0.167. The van der Waals surface area contributed by atoms with Crippen LogP contribution in [-0.4, -0.2) is 37.2 Å². The predicted octanol–water partition coefficient (Wildman–Crippen LogP) is 21.4. The molecule has 0 saturated carbocycles. The molecule has 0 aromatic carbocycles. The fourth-order valence-electron chi connectivity index (χ4n) is 9.61. The summed E-state index contributed by atoms with van der Waals surface area (Å²) in [7, 11) is 0. The standard InChI is InChI=1S/C65H122O6/c1-4-7-10-13-16-19-22-25-27-28-29-30-31-32-33-34-35-36-38-40-43-46-49-52-55-58-64(67)70-61-62(60-69-63(66)57-54-51-48-45-42-39-24-21-18-15-12-9-6-3)71-65(68)59-56-53-50-47-44-41-37-26-23-20-17-14-11-8-5-2/h26,28-29,37,62H,4-25,27,30-36,38-61H2,1-3H3/b29-28-,37-26-. The molecule has 0 N–H and O–H groups in total. The van der Waals surface area contributed by atoms with E-state index < -0.39 is 6.10 Å². The number of ether oxygens (including phenoxy) is 3. The normalized spacial score (nSPS) is 12.1. The molecule has 1 atom stereocenters. The summed E-state index contributed by atoms with van der Waals surface area (Å²) < 4.78 is 16.9. The molecule has 71 heavy (non-hydrogen) atoms. The zero-order valence-corrected chi connectivity index (χ0v) is 48.0. The van der Waals surface area contributed by atoms with Crippen molar-refractivity contribution in [1.82, 2.24) is 0 Å². The monoisotopic (exact) mass is 999 g/mol. The third kappa shape index (κ3) is 58.7. The minimum atomic E-state index is -0.772. The van der Waals surface area contributed by atoms with Gasteiger partial charge in [-0.25, -0.2) is 0 Å². The number of rotatable bonds is 59. The zero-order valence-electron chi connectivity index (χ0n) is 48.0. The van der Waals surface area contributed by atoms with Crippen LogP contribution in [0.5, 0.6) is 0 Å². The Balaban J connectivity index is 4.22. The molecule has 0 spiro atoms. The molecule has 1 unspecified atom stereocenters. The minimum Gasteiger partial charge on any atom is -0.462 e. The van der Waals surface area contributed by atoms with E-state index in [0.717, 1.165) is 64.2 Å². The summed E-state index contributed by atoms with van der Waals surface area (Å²) >= 11 is 0. The summed E-state index contributed by atoms with van der Waals surface area (Å²) in [4.78, 5) is 38.2. The van der Waals surface area contributed by atoms with Crippen LogP contribution in [0.4, 0.5) is 0 Å². The van der Waals surface area contributed by atoms with E-state index in [0.29, 0.717) is 19.3 Å². The average molecular weight is 1000 g/mol. The lowest BCUT2D eigenvalue weighted by Gasteiger charge is -2.18. The van der Waals surface area contributed by atoms with Gasteiger partial charge in [-0.2, -0.15) is 0 Å². The summed E-state index contributed by atoms with van der Waals surface area (Å²) in [5.41, 5.74) is 0. The van der Waals surface area contributed by atoms with Gasteiger partial charge >= 0.3 is 17.9 Å². The molecule has 0 aliphatic heterocycles. The maximum atomic E-state index is 12.9. The summed E-state index contributed by atoms with van der Waals surface area (Å²) in [6.07, 6.45) is 71.9. The molecule has 0 aliphatic carbocycles. The molecule has 0 amide bonds. The number of carbonyl (C=O) groups excluding carboxylic acids is 3. The van der Waals surface area contributed by atoms with Crippen molar-refractivity contribution in [2.75, 3.05) is 13.2 Å². The first-order chi connectivity index (χ1) is 35.0. The molecule has 0 aromatic heterocycles. The summed E-state index contributed by atoms with van der Waals surface area (Å²) in [5, 5.41) is 0. The van der Waals surface area contributed by atoms with Crippen molar-refractivity contribution in [2.24, 2.45) is 0 Å². The van der Waals surface area contributed by atoms with Gasteiger partial charge in [-0.1, -0.05) is 289 Å². The summed E-state index contributed by atoms with van der Waals surface area (Å²) in [5.74, 6) is -0.854. The molecule has 0 heterocycles. The Morgan fingerprint density at radius 2 is 0.465 bits per heavy atom. The second-order valence-electron chi connectivity index (χ2n) is 21.7. The highest BCUT2D eigenvalue weighted by Gasteiger charge is 2.19. The average Bonchev–Trinajstić information content (AvgIpc) is 3.37. The highest BCUT2D eigenvalue weighted by Crippen LogP contribution is 2.17. The maximum absolute atomic E-state index is 12.9. The first kappa shape index (κ1) is 68.9. The van der Waals surface area contributed by atoms with Gasteiger partial charge in [0.1, 0.15) is 13.2 Å². The van der Waals surface area contributed by atoms with E-state index in [4.69, 9.17) is 14.2 Å². The quantitative estimate of drug-likeness (QED) is 0.0261. The molecule has 0 rings (SSSR count). The Morgan fingerprint density at radius 1 is 0.268 bits per heavy atom. The number of unbranched alkanes of at least 4 members (excludes halogenated alkanes) is 44. The van der Waals surface area contributed by atoms with Crippen molar-refractivity contribution >= 4 is 17.9 Å². The van der Waals surface area contributed by atoms with Gasteiger partial charge in [0, 0.05) is 19.3 Å². The van der Waals surface area contributed by atoms with Gasteiger partial charge in [-0.3, -0.25) is 14.4 Å². The van der Waals surface area contributed by atoms with E-state index >= 15 is 0 Å². The second-order valence-corrected chi connectivity index (χ2v) is 21.7. The van der Waals surface area contributed by atoms with E-state index in [-0.39, 0.29) is 31.1 Å². The van der Waals surface area contributed by atoms with Crippen molar-refractivity contribution in [3.8, 4) is 0 Å². The second kappa shape index (κ2) is 60.4. The SMILES string of the molecule is CCCCCCCC/C=C\CCCCCCCC(=O)OC(COC(=O)CCCCCCCCCCCCCCC)COC(=O)CCCCCCCCCCCCCCC/C=C\CCCCCCCCCC. The Kier molecular flexibility index (Phi) is 58.6. The van der Waals surface area contributed by atoms with Crippen molar-refractivity contribution in [1.29, 1.82) is 0 Å². The Bertz CT molecular complexity index is 1150. The molecule has 6 nitrogen and oxygen atoms in total. The van der Waals surface area contributed by atoms with E-state index in [1.54, 1.807) is 0 Å². The Labute approximate surface area is 443 Å². The Morgan fingerprint density at radius 3 is 0.704 bits per heavy atom. The molecule has 0 aromatic rings. The number of carbonyl (C=O) groups is 3. The molecule has 418 valence electrons. The van der Waals surface area contributed by atoms with Gasteiger partial charge in [0.05, 0.1) is 0 Å². The topological polar surface area (TPSA) is 78.9 Å². The predicted molar refractivity (Wildman–Crippen MR) is 307 cm³/mol. The maximum Gasteiger partial charge on any atom is 0.306 e. The van der Waals surface area contributed by atoms with Crippen LogP contribution in [0, 0.1) is 0 Å². The zero-order chi connectivity index (χ0) is 51.4. The smallest absolute Gasteiger partial charge is 0.306 e. The first-order valence-corrected chi connectivity index (χ1v) is 31.8.